The van der Waals surface area contributed by atoms with Crippen LogP contribution in [0.1, 0.15) is 32.6 Å². The minimum Gasteiger partial charge on any atom is -0.352 e. The normalized spacial score (nSPS) is 26.8. The van der Waals surface area contributed by atoms with Gasteiger partial charge in [0.05, 0.1) is 11.4 Å². The van der Waals surface area contributed by atoms with E-state index in [1.807, 2.05) is 6.92 Å². The molecule has 0 heterocycles. The summed E-state index contributed by atoms with van der Waals surface area (Å²) in [5.41, 5.74) is 0. The van der Waals surface area contributed by atoms with E-state index in [1.54, 1.807) is 0 Å². The van der Waals surface area contributed by atoms with Crippen LogP contribution in [-0.4, -0.2) is 38.3 Å². The Morgan fingerprint density at radius 1 is 1.28 bits per heavy atom. The van der Waals surface area contributed by atoms with Gasteiger partial charge in [-0.2, -0.15) is 4.31 Å². The third kappa shape index (κ3) is 3.87. The minimum atomic E-state index is -3.81. The first-order valence-corrected chi connectivity index (χ1v) is 10.2. The van der Waals surface area contributed by atoms with E-state index in [4.69, 9.17) is 0 Å². The number of hydrogen-bond acceptors (Lipinski definition) is 3. The van der Waals surface area contributed by atoms with Crippen LogP contribution in [0.4, 0.5) is 4.39 Å². The number of nitrogens with one attached hydrogen (secondary N) is 1. The second kappa shape index (κ2) is 7.03. The monoisotopic (exact) mass is 368 g/mol. The van der Waals surface area contributed by atoms with Crippen molar-refractivity contribution < 1.29 is 17.6 Å². The Morgan fingerprint density at radius 3 is 2.52 bits per heavy atom. The topological polar surface area (TPSA) is 66.5 Å². The number of hydrogen-bond donors (Lipinski definition) is 1. The van der Waals surface area contributed by atoms with Crippen LogP contribution in [0.3, 0.4) is 0 Å². The zero-order valence-corrected chi connectivity index (χ0v) is 15.4. The Morgan fingerprint density at radius 2 is 1.96 bits per heavy atom. The van der Waals surface area contributed by atoms with E-state index in [0.717, 1.165) is 28.8 Å². The highest BCUT2D eigenvalue weighted by Gasteiger charge is 2.42. The van der Waals surface area contributed by atoms with Crippen molar-refractivity contribution in [3.63, 3.8) is 0 Å². The van der Waals surface area contributed by atoms with Crippen LogP contribution in [0.5, 0.6) is 0 Å². The van der Waals surface area contributed by atoms with Crippen LogP contribution in [0.15, 0.2) is 29.2 Å². The van der Waals surface area contributed by atoms with Crippen molar-refractivity contribution in [3.05, 3.63) is 30.1 Å². The average molecular weight is 368 g/mol. The Balaban J connectivity index is 1.57. The van der Waals surface area contributed by atoms with Crippen LogP contribution in [0.25, 0.3) is 0 Å². The minimum absolute atomic E-state index is 0.0228. The third-order valence-corrected chi connectivity index (χ3v) is 7.53. The second-order valence-corrected chi connectivity index (χ2v) is 9.45. The van der Waals surface area contributed by atoms with Gasteiger partial charge in [0, 0.05) is 13.1 Å². The number of fused-ring (bicyclic) bond motifs is 2. The molecular formula is C18H25FN2O3S. The summed E-state index contributed by atoms with van der Waals surface area (Å²) >= 11 is 0. The molecule has 0 aliphatic heterocycles. The zero-order chi connectivity index (χ0) is 18.2. The van der Waals surface area contributed by atoms with E-state index in [2.05, 4.69) is 5.32 Å². The van der Waals surface area contributed by atoms with E-state index < -0.39 is 15.8 Å². The first-order valence-electron chi connectivity index (χ1n) is 8.78. The number of sulfonamides is 1. The lowest BCUT2D eigenvalue weighted by molar-refractivity contribution is -0.122. The van der Waals surface area contributed by atoms with E-state index >= 15 is 0 Å². The van der Waals surface area contributed by atoms with Crippen LogP contribution < -0.4 is 5.32 Å². The van der Waals surface area contributed by atoms with Gasteiger partial charge in [0.25, 0.3) is 0 Å². The van der Waals surface area contributed by atoms with Crippen molar-refractivity contribution in [1.29, 1.82) is 0 Å². The molecule has 3 rings (SSSR count). The third-order valence-electron chi connectivity index (χ3n) is 5.71. The molecule has 5 nitrogen and oxygen atoms in total. The molecule has 0 radical (unpaired) electrons. The molecule has 7 heteroatoms. The highest BCUT2D eigenvalue weighted by atomic mass is 32.2. The molecule has 138 valence electrons. The molecule has 0 unspecified atom stereocenters. The SMILES string of the molecule is C[C@@H](NC(=O)CN(C)S(=O)(=O)c1ccc(F)cc1)[C@H]1C[C@H]2CC[C@H]1C2. The largest absolute Gasteiger partial charge is 0.352 e. The fraction of sp³-hybridized carbons (Fsp3) is 0.611. The summed E-state index contributed by atoms with van der Waals surface area (Å²) < 4.78 is 38.9. The Labute approximate surface area is 148 Å². The van der Waals surface area contributed by atoms with Crippen molar-refractivity contribution in [2.45, 2.75) is 43.5 Å². The molecule has 25 heavy (non-hydrogen) atoms. The standard InChI is InChI=1S/C18H25FN2O3S/c1-12(17-10-13-3-4-14(17)9-13)20-18(22)11-21(2)25(23,24)16-7-5-15(19)6-8-16/h5-8,12-14,17H,3-4,9-11H2,1-2H3,(H,20,22)/t12-,13+,14+,17-/m1/s1. The lowest BCUT2D eigenvalue weighted by atomic mass is 9.84. The highest BCUT2D eigenvalue weighted by Crippen LogP contribution is 2.49. The van der Waals surface area contributed by atoms with Crippen molar-refractivity contribution in [3.8, 4) is 0 Å². The van der Waals surface area contributed by atoms with E-state index in [0.29, 0.717) is 11.8 Å². The molecule has 1 aromatic carbocycles. The van der Waals surface area contributed by atoms with Gasteiger partial charge in [-0.25, -0.2) is 12.8 Å². The van der Waals surface area contributed by atoms with Crippen LogP contribution in [-0.2, 0) is 14.8 Å². The van der Waals surface area contributed by atoms with Gasteiger partial charge >= 0.3 is 0 Å². The summed E-state index contributed by atoms with van der Waals surface area (Å²) in [6.45, 7) is 1.77. The van der Waals surface area contributed by atoms with Gasteiger partial charge in [0.1, 0.15) is 5.82 Å². The highest BCUT2D eigenvalue weighted by molar-refractivity contribution is 7.89. The Kier molecular flexibility index (Phi) is 5.16. The number of halogens is 1. The maximum absolute atomic E-state index is 13.0. The van der Waals surface area contributed by atoms with Crippen molar-refractivity contribution in [2.24, 2.45) is 17.8 Å². The van der Waals surface area contributed by atoms with Gasteiger partial charge in [0.15, 0.2) is 0 Å². The quantitative estimate of drug-likeness (QED) is 0.838. The molecule has 0 spiro atoms. The molecule has 0 aromatic heterocycles. The summed E-state index contributed by atoms with van der Waals surface area (Å²) in [6, 6.07) is 4.66. The number of rotatable bonds is 6. The fourth-order valence-electron chi connectivity index (χ4n) is 4.39. The predicted molar refractivity (Wildman–Crippen MR) is 92.8 cm³/mol. The van der Waals surface area contributed by atoms with E-state index in [-0.39, 0.29) is 23.4 Å². The lowest BCUT2D eigenvalue weighted by Crippen LogP contribution is -2.45. The average Bonchev–Trinajstić information content (AvgIpc) is 3.18. The summed E-state index contributed by atoms with van der Waals surface area (Å²) in [7, 11) is -2.45. The maximum atomic E-state index is 13.0. The molecule has 2 fully saturated rings. The van der Waals surface area contributed by atoms with Gasteiger partial charge < -0.3 is 5.32 Å². The summed E-state index contributed by atoms with van der Waals surface area (Å²) in [4.78, 5) is 12.3. The van der Waals surface area contributed by atoms with Crippen molar-refractivity contribution >= 4 is 15.9 Å². The fourth-order valence-corrected chi connectivity index (χ4v) is 5.51. The second-order valence-electron chi connectivity index (χ2n) is 7.41. The number of amides is 1. The van der Waals surface area contributed by atoms with E-state index in [9.17, 15) is 17.6 Å². The smallest absolute Gasteiger partial charge is 0.243 e. The van der Waals surface area contributed by atoms with Gasteiger partial charge in [0.2, 0.25) is 15.9 Å². The molecule has 1 N–H and O–H groups in total. The molecule has 0 saturated heterocycles. The summed E-state index contributed by atoms with van der Waals surface area (Å²) in [6.07, 6.45) is 4.98. The van der Waals surface area contributed by atoms with Crippen molar-refractivity contribution in [1.82, 2.24) is 9.62 Å². The first kappa shape index (κ1) is 18.3. The summed E-state index contributed by atoms with van der Waals surface area (Å²) in [5, 5.41) is 2.97. The summed E-state index contributed by atoms with van der Waals surface area (Å²) in [5.74, 6) is 1.20. The van der Waals surface area contributed by atoms with Gasteiger partial charge in [-0.05, 0) is 68.2 Å². The maximum Gasteiger partial charge on any atom is 0.243 e. The van der Waals surface area contributed by atoms with E-state index in [1.165, 1.54) is 38.4 Å². The molecule has 2 saturated carbocycles. The number of likely N-dealkylation sites (N-methyl/N-ethyl adjacent to an activating group) is 1. The van der Waals surface area contributed by atoms with Gasteiger partial charge in [-0.15, -0.1) is 0 Å². The first-order chi connectivity index (χ1) is 11.8. The molecule has 1 amide bonds. The molecule has 2 aliphatic carbocycles. The van der Waals surface area contributed by atoms with Gasteiger partial charge in [-0.3, -0.25) is 4.79 Å². The predicted octanol–water partition coefficient (Wildman–Crippen LogP) is 2.39. The number of nitrogens with zero attached hydrogens (tertiary/aromatic N) is 1. The Hall–Kier alpha value is -1.47. The van der Waals surface area contributed by atoms with Crippen LogP contribution >= 0.6 is 0 Å². The number of benzene rings is 1. The zero-order valence-electron chi connectivity index (χ0n) is 14.6. The van der Waals surface area contributed by atoms with Gasteiger partial charge in [-0.1, -0.05) is 6.42 Å². The molecule has 2 bridgehead atoms. The molecule has 1 aromatic rings. The number of carbonyl (C=O) groups excluding carboxylic acids is 1. The van der Waals surface area contributed by atoms with Crippen LogP contribution in [0.2, 0.25) is 0 Å². The lowest BCUT2D eigenvalue weighted by Gasteiger charge is -2.29. The molecule has 2 aliphatic rings. The molecule has 4 atom stereocenters. The number of carbonyl (C=O) groups is 1. The molecular weight excluding hydrogens is 343 g/mol. The Bertz CT molecular complexity index is 735. The van der Waals surface area contributed by atoms with Crippen molar-refractivity contribution in [2.75, 3.05) is 13.6 Å². The van der Waals surface area contributed by atoms with Crippen LogP contribution in [0, 0.1) is 23.6 Å².